The number of nitrogens with one attached hydrogen (secondary N) is 1. The fourth-order valence-electron chi connectivity index (χ4n) is 4.65. The first kappa shape index (κ1) is 28.8. The van der Waals surface area contributed by atoms with E-state index in [9.17, 15) is 14.7 Å². The largest absolute Gasteiger partial charge is 0.496 e. The Morgan fingerprint density at radius 2 is 1.85 bits per heavy atom. The van der Waals surface area contributed by atoms with Crippen molar-refractivity contribution in [2.75, 3.05) is 30.4 Å². The molecule has 0 aliphatic heterocycles. The van der Waals surface area contributed by atoms with E-state index in [4.69, 9.17) is 9.72 Å². The van der Waals surface area contributed by atoms with Gasteiger partial charge in [0.25, 0.3) is 5.56 Å². The van der Waals surface area contributed by atoms with Gasteiger partial charge in [0.15, 0.2) is 0 Å². The summed E-state index contributed by atoms with van der Waals surface area (Å²) in [4.78, 5) is 37.6. The van der Waals surface area contributed by atoms with Gasteiger partial charge in [-0.25, -0.2) is 9.78 Å². The Labute approximate surface area is 237 Å². The lowest BCUT2D eigenvalue weighted by molar-refractivity contribution is -0.137. The Morgan fingerprint density at radius 3 is 2.42 bits per heavy atom. The summed E-state index contributed by atoms with van der Waals surface area (Å²) in [6.07, 6.45) is 3.60. The van der Waals surface area contributed by atoms with Gasteiger partial charge >= 0.3 is 5.97 Å². The number of nitrogens with zero attached hydrogens (tertiary/aromatic N) is 5. The van der Waals surface area contributed by atoms with Gasteiger partial charge in [-0.15, -0.1) is 0 Å². The molecule has 2 N–H and O–H groups in total. The van der Waals surface area contributed by atoms with Gasteiger partial charge in [-0.2, -0.15) is 9.36 Å². The smallest absolute Gasteiger partial charge is 0.326 e. The van der Waals surface area contributed by atoms with Gasteiger partial charge < -0.3 is 24.6 Å². The van der Waals surface area contributed by atoms with E-state index >= 15 is 0 Å². The van der Waals surface area contributed by atoms with Crippen LogP contribution < -0.4 is 20.5 Å². The number of carbonyl (C=O) groups is 1. The molecule has 4 aromatic rings. The molecular formula is C29H34N6O4S. The highest BCUT2D eigenvalue weighted by Gasteiger charge is 2.24. The summed E-state index contributed by atoms with van der Waals surface area (Å²) in [5.74, 6) is 0.453. The number of anilines is 2. The van der Waals surface area contributed by atoms with Crippen molar-refractivity contribution in [1.29, 1.82) is 0 Å². The van der Waals surface area contributed by atoms with Crippen LogP contribution in [0.4, 0.5) is 11.8 Å². The maximum absolute atomic E-state index is 12.8. The number of aryl methyl sites for hydroxylation is 3. The number of benzene rings is 1. The Bertz CT molecular complexity index is 1540. The van der Waals surface area contributed by atoms with Crippen LogP contribution in [0.3, 0.4) is 0 Å². The number of rotatable bonds is 11. The number of carboxylic acids is 1. The number of methoxy groups -OCH3 is 1. The lowest BCUT2D eigenvalue weighted by Gasteiger charge is -2.22. The number of hydrogen-bond acceptors (Lipinski definition) is 9. The van der Waals surface area contributed by atoms with Crippen molar-refractivity contribution in [1.82, 2.24) is 18.9 Å². The fourth-order valence-corrected chi connectivity index (χ4v) is 5.36. The van der Waals surface area contributed by atoms with E-state index < -0.39 is 12.0 Å². The summed E-state index contributed by atoms with van der Waals surface area (Å²) in [6, 6.07) is 8.07. The normalized spacial score (nSPS) is 11.8. The molecule has 0 bridgehead atoms. The van der Waals surface area contributed by atoms with Gasteiger partial charge in [-0.05, 0) is 56.4 Å². The van der Waals surface area contributed by atoms with E-state index in [-0.39, 0.29) is 12.0 Å². The van der Waals surface area contributed by atoms with Crippen LogP contribution in [0.5, 0.6) is 5.75 Å². The highest BCUT2D eigenvalue weighted by molar-refractivity contribution is 7.06. The van der Waals surface area contributed by atoms with Gasteiger partial charge in [0, 0.05) is 55.0 Å². The van der Waals surface area contributed by atoms with Crippen molar-refractivity contribution in [3.05, 3.63) is 69.2 Å². The minimum Gasteiger partial charge on any atom is -0.496 e. The third-order valence-corrected chi connectivity index (χ3v) is 7.71. The standard InChI is InChI=1S/C29H34N6O4S/c1-7-35(8-2)29-30-16-21(24-17(3)33-40-18(24)4)26(32-29)31-22(28(37)38)15-19-9-11-20(12-10-19)25-23(39-6)13-14-34(5)27(25)36/h9-14,16,22H,7-8,15H2,1-6H3,(H,37,38)(H,30,31,32)/t22-/m0/s1. The number of carboxylic acid groups (broad SMARTS) is 1. The Kier molecular flexibility index (Phi) is 8.83. The zero-order valence-corrected chi connectivity index (χ0v) is 24.4. The molecule has 10 nitrogen and oxygen atoms in total. The highest BCUT2D eigenvalue weighted by atomic mass is 32.1. The third-order valence-electron chi connectivity index (χ3n) is 6.87. The highest BCUT2D eigenvalue weighted by Crippen LogP contribution is 2.35. The molecule has 0 saturated heterocycles. The Balaban J connectivity index is 1.68. The van der Waals surface area contributed by atoms with Crippen LogP contribution in [0.1, 0.15) is 30.0 Å². The average Bonchev–Trinajstić information content (AvgIpc) is 3.28. The van der Waals surface area contributed by atoms with Crippen LogP contribution in [-0.4, -0.2) is 56.2 Å². The lowest BCUT2D eigenvalue weighted by atomic mass is 10.0. The van der Waals surface area contributed by atoms with Crippen LogP contribution >= 0.6 is 11.5 Å². The maximum atomic E-state index is 12.8. The molecule has 40 heavy (non-hydrogen) atoms. The second-order valence-corrected chi connectivity index (χ2v) is 10.4. The first-order valence-electron chi connectivity index (χ1n) is 13.1. The quantitative estimate of drug-likeness (QED) is 0.271. The predicted molar refractivity (Wildman–Crippen MR) is 159 cm³/mol. The first-order chi connectivity index (χ1) is 19.2. The SMILES string of the molecule is CCN(CC)c1ncc(-c2c(C)nsc2C)c(N[C@@H](Cc2ccc(-c3c(OC)ccn(C)c3=O)cc2)C(=O)O)n1. The van der Waals surface area contributed by atoms with E-state index in [1.807, 2.05) is 56.9 Å². The molecule has 0 unspecified atom stereocenters. The number of pyridine rings is 1. The molecule has 0 radical (unpaired) electrons. The zero-order chi connectivity index (χ0) is 29.0. The van der Waals surface area contributed by atoms with Crippen LogP contribution in [-0.2, 0) is 18.3 Å². The van der Waals surface area contributed by atoms with Crippen molar-refractivity contribution in [2.45, 2.75) is 40.2 Å². The first-order valence-corrected chi connectivity index (χ1v) is 13.8. The number of hydrogen-bond donors (Lipinski definition) is 2. The molecule has 4 rings (SSSR count). The molecule has 0 saturated carbocycles. The monoisotopic (exact) mass is 562 g/mol. The zero-order valence-electron chi connectivity index (χ0n) is 23.6. The van der Waals surface area contributed by atoms with Crippen molar-refractivity contribution in [3.8, 4) is 28.0 Å². The third kappa shape index (κ3) is 5.84. The molecule has 0 aliphatic carbocycles. The molecule has 0 fully saturated rings. The van der Waals surface area contributed by atoms with E-state index in [1.54, 1.807) is 25.5 Å². The number of aliphatic carboxylic acids is 1. The minimum atomic E-state index is -1.01. The summed E-state index contributed by atoms with van der Waals surface area (Å²) in [7, 11) is 3.21. The van der Waals surface area contributed by atoms with Gasteiger partial charge in [0.2, 0.25) is 5.95 Å². The number of ether oxygens (including phenoxy) is 1. The summed E-state index contributed by atoms with van der Waals surface area (Å²) >= 11 is 1.39. The van der Waals surface area contributed by atoms with E-state index in [2.05, 4.69) is 14.7 Å². The second kappa shape index (κ2) is 12.3. The van der Waals surface area contributed by atoms with E-state index in [0.29, 0.717) is 34.2 Å². The summed E-state index contributed by atoms with van der Waals surface area (Å²) < 4.78 is 11.4. The fraction of sp³-hybridized carbons (Fsp3) is 0.345. The van der Waals surface area contributed by atoms with E-state index in [1.165, 1.54) is 23.2 Å². The molecule has 3 heterocycles. The molecule has 210 valence electrons. The van der Waals surface area contributed by atoms with Crippen molar-refractivity contribution < 1.29 is 14.6 Å². The summed E-state index contributed by atoms with van der Waals surface area (Å²) in [5, 5.41) is 13.4. The van der Waals surface area contributed by atoms with Gasteiger partial charge in [0.05, 0.1) is 18.4 Å². The van der Waals surface area contributed by atoms with Crippen LogP contribution in [0.25, 0.3) is 22.3 Å². The van der Waals surface area contributed by atoms with Gasteiger partial charge in [-0.1, -0.05) is 24.3 Å². The lowest BCUT2D eigenvalue weighted by Crippen LogP contribution is -2.33. The van der Waals surface area contributed by atoms with Crippen molar-refractivity contribution >= 4 is 29.3 Å². The van der Waals surface area contributed by atoms with Crippen LogP contribution in [0.15, 0.2) is 47.5 Å². The summed E-state index contributed by atoms with van der Waals surface area (Å²) in [5.41, 5.74) is 4.23. The number of aromatic nitrogens is 4. The molecule has 0 aliphatic rings. The molecular weight excluding hydrogens is 528 g/mol. The van der Waals surface area contributed by atoms with Crippen LogP contribution in [0, 0.1) is 13.8 Å². The minimum absolute atomic E-state index is 0.175. The van der Waals surface area contributed by atoms with Crippen LogP contribution in [0.2, 0.25) is 0 Å². The molecule has 11 heteroatoms. The van der Waals surface area contributed by atoms with Crippen molar-refractivity contribution in [2.24, 2.45) is 7.05 Å². The average molecular weight is 563 g/mol. The predicted octanol–water partition coefficient (Wildman–Crippen LogP) is 4.55. The molecule has 1 atom stereocenters. The maximum Gasteiger partial charge on any atom is 0.326 e. The molecule has 1 aromatic carbocycles. The Hall–Kier alpha value is -4.25. The van der Waals surface area contributed by atoms with Crippen molar-refractivity contribution in [3.63, 3.8) is 0 Å². The summed E-state index contributed by atoms with van der Waals surface area (Å²) in [6.45, 7) is 9.39. The van der Waals surface area contributed by atoms with E-state index in [0.717, 1.165) is 34.8 Å². The second-order valence-electron chi connectivity index (χ2n) is 9.42. The molecule has 0 amide bonds. The molecule has 3 aromatic heterocycles. The molecule has 0 spiro atoms. The van der Waals surface area contributed by atoms with Gasteiger partial charge in [-0.3, -0.25) is 4.79 Å². The van der Waals surface area contributed by atoms with Gasteiger partial charge in [0.1, 0.15) is 17.6 Å². The Morgan fingerprint density at radius 1 is 1.15 bits per heavy atom. The topological polar surface area (TPSA) is 122 Å².